The lowest BCUT2D eigenvalue weighted by molar-refractivity contribution is -0.138. The molecule has 2 heterocycles. The Hall–Kier alpha value is -2.88. The Morgan fingerprint density at radius 1 is 1.20 bits per heavy atom. The van der Waals surface area contributed by atoms with Crippen molar-refractivity contribution in [3.05, 3.63) is 63.4 Å². The molecule has 30 heavy (non-hydrogen) atoms. The van der Waals surface area contributed by atoms with E-state index >= 15 is 0 Å². The van der Waals surface area contributed by atoms with Crippen LogP contribution in [0.15, 0.2) is 46.6 Å². The Bertz CT molecular complexity index is 1070. The van der Waals surface area contributed by atoms with E-state index in [0.717, 1.165) is 15.6 Å². The van der Waals surface area contributed by atoms with Crippen LogP contribution in [0.4, 0.5) is 13.2 Å². The summed E-state index contributed by atoms with van der Waals surface area (Å²) in [6.07, 6.45) is -4.51. The molecule has 0 atom stereocenters. The molecule has 160 valence electrons. The number of hydrogen-bond acceptors (Lipinski definition) is 4. The van der Waals surface area contributed by atoms with Gasteiger partial charge in [-0.15, -0.1) is 16.4 Å². The third-order valence-electron chi connectivity index (χ3n) is 4.30. The molecule has 3 aromatic rings. The van der Waals surface area contributed by atoms with Gasteiger partial charge >= 0.3 is 11.9 Å². The van der Waals surface area contributed by atoms with Gasteiger partial charge < -0.3 is 5.32 Å². The smallest absolute Gasteiger partial charge is 0.350 e. The van der Waals surface area contributed by atoms with Gasteiger partial charge in [0.2, 0.25) is 5.91 Å². The van der Waals surface area contributed by atoms with E-state index in [1.165, 1.54) is 34.1 Å². The van der Waals surface area contributed by atoms with E-state index in [1.807, 2.05) is 31.4 Å². The molecule has 0 unspecified atom stereocenters. The van der Waals surface area contributed by atoms with Crippen molar-refractivity contribution in [2.75, 3.05) is 0 Å². The summed E-state index contributed by atoms with van der Waals surface area (Å²) in [7, 11) is 0. The van der Waals surface area contributed by atoms with Gasteiger partial charge in [-0.1, -0.05) is 38.1 Å². The van der Waals surface area contributed by atoms with Crippen LogP contribution in [0, 0.1) is 5.92 Å². The Kier molecular flexibility index (Phi) is 6.45. The number of hydrogen-bond donors (Lipinski definition) is 1. The molecule has 6 nitrogen and oxygen atoms in total. The van der Waals surface area contributed by atoms with Crippen molar-refractivity contribution < 1.29 is 18.0 Å². The number of carbonyl (C=O) groups is 1. The van der Waals surface area contributed by atoms with Gasteiger partial charge in [0, 0.05) is 13.1 Å². The first-order valence-corrected chi connectivity index (χ1v) is 10.2. The predicted molar refractivity (Wildman–Crippen MR) is 108 cm³/mol. The lowest BCUT2D eigenvalue weighted by Crippen LogP contribution is -2.34. The molecule has 0 aliphatic carbocycles. The fourth-order valence-electron chi connectivity index (χ4n) is 3.00. The largest absolute Gasteiger partial charge is 0.416 e. The van der Waals surface area contributed by atoms with Gasteiger partial charge in [-0.2, -0.15) is 13.2 Å². The maximum atomic E-state index is 13.1. The zero-order valence-corrected chi connectivity index (χ0v) is 17.3. The molecule has 0 aliphatic heterocycles. The second kappa shape index (κ2) is 8.86. The summed E-state index contributed by atoms with van der Waals surface area (Å²) in [5.41, 5.74) is -1.28. The Labute approximate surface area is 175 Å². The predicted octanol–water partition coefficient (Wildman–Crippen LogP) is 3.76. The van der Waals surface area contributed by atoms with Crippen molar-refractivity contribution in [2.24, 2.45) is 5.92 Å². The number of nitrogens with zero attached hydrogens (tertiary/aromatic N) is 3. The summed E-state index contributed by atoms with van der Waals surface area (Å²) in [4.78, 5) is 25.9. The highest BCUT2D eigenvalue weighted by molar-refractivity contribution is 7.13. The molecule has 1 aromatic carbocycles. The highest BCUT2D eigenvalue weighted by Gasteiger charge is 2.32. The third-order valence-corrected chi connectivity index (χ3v) is 5.17. The Morgan fingerprint density at radius 3 is 2.57 bits per heavy atom. The summed E-state index contributed by atoms with van der Waals surface area (Å²) < 4.78 is 41.8. The number of aromatic nitrogens is 3. The van der Waals surface area contributed by atoms with Crippen LogP contribution in [-0.4, -0.2) is 20.3 Å². The van der Waals surface area contributed by atoms with Crippen LogP contribution in [0.2, 0.25) is 0 Å². The van der Waals surface area contributed by atoms with Crippen molar-refractivity contribution in [3.63, 3.8) is 0 Å². The van der Waals surface area contributed by atoms with Gasteiger partial charge in [-0.05, 0) is 29.0 Å². The third kappa shape index (κ3) is 4.99. The minimum atomic E-state index is -4.51. The molecule has 0 radical (unpaired) electrons. The molecular formula is C20H21F3N4O2S. The van der Waals surface area contributed by atoms with Crippen molar-refractivity contribution in [3.8, 4) is 10.7 Å². The van der Waals surface area contributed by atoms with Crippen molar-refractivity contribution in [1.29, 1.82) is 0 Å². The molecule has 0 bridgehead atoms. The number of thiophene rings is 1. The van der Waals surface area contributed by atoms with Crippen LogP contribution >= 0.6 is 11.3 Å². The van der Waals surface area contributed by atoms with Crippen LogP contribution in [0.25, 0.3) is 10.7 Å². The summed E-state index contributed by atoms with van der Waals surface area (Å²) >= 11 is 1.43. The molecule has 0 fully saturated rings. The van der Waals surface area contributed by atoms with E-state index in [1.54, 1.807) is 0 Å². The van der Waals surface area contributed by atoms with Crippen LogP contribution in [0.5, 0.6) is 0 Å². The molecule has 1 N–H and O–H groups in total. The molecular weight excluding hydrogens is 417 g/mol. The van der Waals surface area contributed by atoms with Gasteiger partial charge in [-0.3, -0.25) is 9.36 Å². The van der Waals surface area contributed by atoms with Crippen LogP contribution in [0.3, 0.4) is 0 Å². The zero-order chi connectivity index (χ0) is 21.9. The van der Waals surface area contributed by atoms with E-state index in [0.29, 0.717) is 12.4 Å². The number of nitrogens with one attached hydrogen (secondary N) is 1. The first kappa shape index (κ1) is 21.8. The lowest BCUT2D eigenvalue weighted by Gasteiger charge is -2.13. The second-order valence-electron chi connectivity index (χ2n) is 7.18. The van der Waals surface area contributed by atoms with Crippen molar-refractivity contribution >= 4 is 17.2 Å². The monoisotopic (exact) mass is 438 g/mol. The van der Waals surface area contributed by atoms with Gasteiger partial charge in [-0.25, -0.2) is 9.48 Å². The minimum absolute atomic E-state index is 0.0460. The molecule has 10 heteroatoms. The first-order chi connectivity index (χ1) is 14.2. The average Bonchev–Trinajstić information content (AvgIpc) is 3.30. The molecule has 0 saturated heterocycles. The highest BCUT2D eigenvalue weighted by Crippen LogP contribution is 2.31. The van der Waals surface area contributed by atoms with E-state index in [-0.39, 0.29) is 24.6 Å². The van der Waals surface area contributed by atoms with E-state index < -0.39 is 23.3 Å². The number of benzene rings is 1. The molecule has 2 aromatic heterocycles. The van der Waals surface area contributed by atoms with Crippen LogP contribution in [-0.2, 0) is 30.6 Å². The maximum absolute atomic E-state index is 13.1. The summed E-state index contributed by atoms with van der Waals surface area (Å²) in [6, 6.07) is 8.72. The van der Waals surface area contributed by atoms with Crippen LogP contribution < -0.4 is 11.0 Å². The van der Waals surface area contributed by atoms with E-state index in [4.69, 9.17) is 0 Å². The van der Waals surface area contributed by atoms with Gasteiger partial charge in [0.25, 0.3) is 0 Å². The number of rotatable bonds is 7. The minimum Gasteiger partial charge on any atom is -0.350 e. The molecule has 0 aliphatic rings. The summed E-state index contributed by atoms with van der Waals surface area (Å²) in [6.45, 7) is 3.69. The second-order valence-corrected chi connectivity index (χ2v) is 8.12. The van der Waals surface area contributed by atoms with Crippen molar-refractivity contribution in [1.82, 2.24) is 19.7 Å². The maximum Gasteiger partial charge on any atom is 0.416 e. The SMILES string of the molecule is CC(C)Cn1c(-c2cccs2)nn(CC(=O)NCc2ccccc2C(F)(F)F)c1=O. The summed E-state index contributed by atoms with van der Waals surface area (Å²) in [5, 5.41) is 8.60. The standard InChI is InChI=1S/C20H21F3N4O2S/c1-13(2)11-26-18(16-8-5-9-30-16)25-27(19(26)29)12-17(28)24-10-14-6-3-4-7-15(14)20(21,22)23/h3-9,13H,10-12H2,1-2H3,(H,24,28). The van der Waals surface area contributed by atoms with E-state index in [9.17, 15) is 22.8 Å². The molecule has 0 spiro atoms. The normalized spacial score (nSPS) is 11.8. The van der Waals surface area contributed by atoms with Crippen LogP contribution in [0.1, 0.15) is 25.0 Å². The molecule has 3 rings (SSSR count). The van der Waals surface area contributed by atoms with Gasteiger partial charge in [0.1, 0.15) is 6.54 Å². The average molecular weight is 438 g/mol. The molecule has 1 amide bonds. The summed E-state index contributed by atoms with van der Waals surface area (Å²) in [5.74, 6) is 0.0617. The fourth-order valence-corrected chi connectivity index (χ4v) is 3.72. The van der Waals surface area contributed by atoms with Gasteiger partial charge in [0.15, 0.2) is 5.82 Å². The topological polar surface area (TPSA) is 68.9 Å². The lowest BCUT2D eigenvalue weighted by atomic mass is 10.1. The first-order valence-electron chi connectivity index (χ1n) is 9.30. The zero-order valence-electron chi connectivity index (χ0n) is 16.4. The highest BCUT2D eigenvalue weighted by atomic mass is 32.1. The number of alkyl halides is 3. The number of amides is 1. The van der Waals surface area contributed by atoms with E-state index in [2.05, 4.69) is 10.4 Å². The number of carbonyl (C=O) groups excluding carboxylic acids is 1. The Morgan fingerprint density at radius 2 is 1.93 bits per heavy atom. The fraction of sp³-hybridized carbons (Fsp3) is 0.350. The van der Waals surface area contributed by atoms with Gasteiger partial charge in [0.05, 0.1) is 10.4 Å². The quantitative estimate of drug-likeness (QED) is 0.611. The number of halogens is 3. The molecule has 0 saturated carbocycles. The Balaban J connectivity index is 1.77. The van der Waals surface area contributed by atoms with Crippen molar-refractivity contribution in [2.45, 2.75) is 39.7 Å².